The Bertz CT molecular complexity index is 1250. The van der Waals surface area contributed by atoms with Gasteiger partial charge in [0.1, 0.15) is 6.04 Å². The Morgan fingerprint density at radius 2 is 2.06 bits per heavy atom. The zero-order valence-corrected chi connectivity index (χ0v) is 20.0. The van der Waals surface area contributed by atoms with Gasteiger partial charge in [-0.15, -0.1) is 5.10 Å². The Morgan fingerprint density at radius 1 is 1.15 bits per heavy atom. The number of nitrogens with one attached hydrogen (secondary N) is 1. The zero-order valence-electron chi connectivity index (χ0n) is 20.0. The van der Waals surface area contributed by atoms with Crippen molar-refractivity contribution in [3.8, 4) is 0 Å². The lowest BCUT2D eigenvalue weighted by Crippen LogP contribution is -2.52. The van der Waals surface area contributed by atoms with Crippen LogP contribution in [0.3, 0.4) is 0 Å². The Labute approximate surface area is 199 Å². The molecule has 0 spiro atoms. The van der Waals surface area contributed by atoms with Crippen LogP contribution < -0.4 is 5.56 Å². The van der Waals surface area contributed by atoms with Crippen molar-refractivity contribution in [3.05, 3.63) is 51.1 Å². The van der Waals surface area contributed by atoms with Gasteiger partial charge in [-0.2, -0.15) is 0 Å². The maximum atomic E-state index is 13.5. The topological polar surface area (TPSA) is 92.2 Å². The van der Waals surface area contributed by atoms with Crippen LogP contribution in [-0.2, 0) is 11.3 Å². The van der Waals surface area contributed by atoms with Gasteiger partial charge >= 0.3 is 0 Å². The van der Waals surface area contributed by atoms with Gasteiger partial charge in [-0.1, -0.05) is 6.07 Å². The first kappa shape index (κ1) is 21.9. The standard InChI is InChI=1S/C25H33N7O2/c1-16-11-17(2)20-13-21(25(33)26-22(20)12-16)23(31-9-8-30-7-3-5-18(30)14-31)24-27-28-29-32(24)15-19-6-4-10-34-19/h11-13,18-19,23H,3-10,14-15H2,1-2H3,(H,26,33)/t18-,19+,23+/m0/s1. The number of aromatic amines is 1. The number of nitrogens with zero attached hydrogens (tertiary/aromatic N) is 6. The molecule has 3 fully saturated rings. The molecule has 1 N–H and O–H groups in total. The largest absolute Gasteiger partial charge is 0.376 e. The molecule has 0 radical (unpaired) electrons. The van der Waals surface area contributed by atoms with Crippen LogP contribution in [0.15, 0.2) is 23.0 Å². The number of rotatable bonds is 5. The van der Waals surface area contributed by atoms with Crippen LogP contribution in [0, 0.1) is 13.8 Å². The molecular formula is C25H33N7O2. The predicted octanol–water partition coefficient (Wildman–Crippen LogP) is 2.18. The first-order valence-electron chi connectivity index (χ1n) is 12.6. The highest BCUT2D eigenvalue weighted by Gasteiger charge is 2.38. The third-order valence-electron chi connectivity index (χ3n) is 7.82. The second kappa shape index (κ2) is 8.87. The van der Waals surface area contributed by atoms with E-state index in [0.29, 0.717) is 18.2 Å². The number of hydrogen-bond donors (Lipinski definition) is 1. The van der Waals surface area contributed by atoms with Gasteiger partial charge in [0.25, 0.3) is 5.56 Å². The van der Waals surface area contributed by atoms with Crippen molar-refractivity contribution in [2.75, 3.05) is 32.8 Å². The Hall–Kier alpha value is -2.62. The number of benzene rings is 1. The maximum Gasteiger partial charge on any atom is 0.253 e. The minimum atomic E-state index is -0.298. The van der Waals surface area contributed by atoms with E-state index in [1.165, 1.54) is 19.4 Å². The van der Waals surface area contributed by atoms with Gasteiger partial charge in [0.2, 0.25) is 0 Å². The average molecular weight is 464 g/mol. The van der Waals surface area contributed by atoms with Gasteiger partial charge < -0.3 is 9.72 Å². The van der Waals surface area contributed by atoms with Gasteiger partial charge in [0.15, 0.2) is 5.82 Å². The van der Waals surface area contributed by atoms with Gasteiger partial charge in [-0.05, 0) is 79.8 Å². The molecular weight excluding hydrogens is 430 g/mol. The summed E-state index contributed by atoms with van der Waals surface area (Å²) in [4.78, 5) is 21.7. The van der Waals surface area contributed by atoms with Crippen LogP contribution in [0.2, 0.25) is 0 Å². The molecule has 3 aliphatic rings. The third kappa shape index (κ3) is 3.95. The van der Waals surface area contributed by atoms with Gasteiger partial charge in [-0.3, -0.25) is 14.6 Å². The van der Waals surface area contributed by atoms with E-state index in [2.05, 4.69) is 56.3 Å². The molecule has 3 aliphatic heterocycles. The van der Waals surface area contributed by atoms with Crippen molar-refractivity contribution in [2.24, 2.45) is 0 Å². The number of pyridine rings is 1. The van der Waals surface area contributed by atoms with Crippen LogP contribution in [0.4, 0.5) is 0 Å². The van der Waals surface area contributed by atoms with Crippen LogP contribution in [-0.4, -0.2) is 79.9 Å². The van der Waals surface area contributed by atoms with Crippen LogP contribution in [0.1, 0.15) is 54.2 Å². The molecule has 1 aromatic carbocycles. The zero-order chi connectivity index (χ0) is 23.2. The van der Waals surface area contributed by atoms with Crippen LogP contribution >= 0.6 is 0 Å². The van der Waals surface area contributed by atoms with E-state index < -0.39 is 0 Å². The summed E-state index contributed by atoms with van der Waals surface area (Å²) < 4.78 is 7.74. The van der Waals surface area contributed by atoms with Gasteiger partial charge in [-0.25, -0.2) is 4.68 Å². The lowest BCUT2D eigenvalue weighted by molar-refractivity contribution is 0.0728. The number of aryl methyl sites for hydroxylation is 2. The van der Waals surface area contributed by atoms with Crippen molar-refractivity contribution in [1.29, 1.82) is 0 Å². The highest BCUT2D eigenvalue weighted by atomic mass is 16.5. The van der Waals surface area contributed by atoms with E-state index in [1.807, 2.05) is 10.7 Å². The van der Waals surface area contributed by atoms with E-state index in [9.17, 15) is 4.79 Å². The van der Waals surface area contributed by atoms with E-state index in [4.69, 9.17) is 4.74 Å². The maximum absolute atomic E-state index is 13.5. The molecule has 6 rings (SSSR count). The number of fused-ring (bicyclic) bond motifs is 2. The number of aromatic nitrogens is 5. The van der Waals surface area contributed by atoms with Crippen LogP contribution in [0.5, 0.6) is 0 Å². The predicted molar refractivity (Wildman–Crippen MR) is 129 cm³/mol. The summed E-state index contributed by atoms with van der Waals surface area (Å²) in [5.41, 5.74) is 3.83. The first-order valence-corrected chi connectivity index (χ1v) is 12.6. The summed E-state index contributed by atoms with van der Waals surface area (Å²) in [7, 11) is 0. The highest BCUT2D eigenvalue weighted by molar-refractivity contribution is 5.83. The average Bonchev–Trinajstić information content (AvgIpc) is 3.57. The lowest BCUT2D eigenvalue weighted by atomic mass is 9.98. The Kier molecular flexibility index (Phi) is 5.71. The fraction of sp³-hybridized carbons (Fsp3) is 0.600. The summed E-state index contributed by atoms with van der Waals surface area (Å²) in [5.74, 6) is 0.733. The molecule has 5 heterocycles. The molecule has 34 heavy (non-hydrogen) atoms. The number of piperazine rings is 1. The molecule has 9 heteroatoms. The number of hydrogen-bond acceptors (Lipinski definition) is 7. The molecule has 0 bridgehead atoms. The third-order valence-corrected chi connectivity index (χ3v) is 7.82. The van der Waals surface area contributed by atoms with E-state index >= 15 is 0 Å². The fourth-order valence-corrected chi connectivity index (χ4v) is 6.16. The lowest BCUT2D eigenvalue weighted by Gasteiger charge is -2.41. The minimum absolute atomic E-state index is 0.0667. The van der Waals surface area contributed by atoms with E-state index in [0.717, 1.165) is 66.9 Å². The molecule has 2 aromatic heterocycles. The molecule has 180 valence electrons. The molecule has 0 amide bonds. The summed E-state index contributed by atoms with van der Waals surface area (Å²) in [6, 6.07) is 6.51. The van der Waals surface area contributed by atoms with Crippen molar-refractivity contribution < 1.29 is 4.74 Å². The Balaban J connectivity index is 1.45. The van der Waals surface area contributed by atoms with Crippen LogP contribution in [0.25, 0.3) is 10.9 Å². The monoisotopic (exact) mass is 463 g/mol. The summed E-state index contributed by atoms with van der Waals surface area (Å²) in [6.45, 7) is 9.56. The first-order chi connectivity index (χ1) is 16.6. The second-order valence-corrected chi connectivity index (χ2v) is 10.2. The van der Waals surface area contributed by atoms with Crippen molar-refractivity contribution in [2.45, 2.75) is 64.3 Å². The smallest absolute Gasteiger partial charge is 0.253 e. The van der Waals surface area contributed by atoms with Gasteiger partial charge in [0.05, 0.1) is 12.6 Å². The Morgan fingerprint density at radius 3 is 2.91 bits per heavy atom. The molecule has 3 aromatic rings. The fourth-order valence-electron chi connectivity index (χ4n) is 6.16. The molecule has 9 nitrogen and oxygen atoms in total. The minimum Gasteiger partial charge on any atom is -0.376 e. The summed E-state index contributed by atoms with van der Waals surface area (Å²) in [6.07, 6.45) is 4.65. The number of H-pyrrole nitrogens is 1. The molecule has 3 atom stereocenters. The normalized spacial score (nSPS) is 24.6. The number of ether oxygens (including phenoxy) is 1. The quantitative estimate of drug-likeness (QED) is 0.620. The molecule has 3 saturated heterocycles. The molecule has 0 unspecified atom stereocenters. The van der Waals surface area contributed by atoms with Crippen molar-refractivity contribution in [1.82, 2.24) is 35.0 Å². The van der Waals surface area contributed by atoms with E-state index in [-0.39, 0.29) is 17.7 Å². The second-order valence-electron chi connectivity index (χ2n) is 10.2. The summed E-state index contributed by atoms with van der Waals surface area (Å²) in [5, 5.41) is 13.9. The SMILES string of the molecule is Cc1cc(C)c2cc([C@H](c3nnnn3C[C@H]3CCCO3)N3CCN4CCC[C@H]4C3)c(=O)[nH]c2c1. The molecule has 0 aliphatic carbocycles. The number of tetrazole rings is 1. The molecule has 0 saturated carbocycles. The highest BCUT2D eigenvalue weighted by Crippen LogP contribution is 2.32. The van der Waals surface area contributed by atoms with Gasteiger partial charge in [0, 0.05) is 48.7 Å². The van der Waals surface area contributed by atoms with E-state index in [1.54, 1.807) is 0 Å². The van der Waals surface area contributed by atoms with Crippen molar-refractivity contribution in [3.63, 3.8) is 0 Å². The summed E-state index contributed by atoms with van der Waals surface area (Å²) >= 11 is 0. The van der Waals surface area contributed by atoms with Crippen molar-refractivity contribution >= 4 is 10.9 Å².